The van der Waals surface area contributed by atoms with Crippen LogP contribution in [0.15, 0.2) is 11.6 Å². The third kappa shape index (κ3) is 7.71. The predicted molar refractivity (Wildman–Crippen MR) is 42.9 cm³/mol. The number of carbonyl (C=O) groups excluding carboxylic acids is 1. The maximum atomic E-state index is 10.7. The molecule has 0 bridgehead atoms. The lowest BCUT2D eigenvalue weighted by molar-refractivity contribution is -0.312. The van der Waals surface area contributed by atoms with Gasteiger partial charge in [-0.2, -0.15) is 0 Å². The molecule has 0 N–H and O–H groups in total. The molecule has 6 heteroatoms. The number of rotatable bonds is 4. The molecule has 5 nitrogen and oxygen atoms in total. The molecule has 0 atom stereocenters. The van der Waals surface area contributed by atoms with Gasteiger partial charge >= 0.3 is 5.97 Å². The van der Waals surface area contributed by atoms with Gasteiger partial charge in [-0.15, -0.1) is 0 Å². The van der Waals surface area contributed by atoms with Crippen molar-refractivity contribution in [2.45, 2.75) is 13.8 Å². The monoisotopic (exact) mass is 206 g/mol. The third-order valence-electron chi connectivity index (χ3n) is 1.09. The predicted octanol–water partition coefficient (Wildman–Crippen LogP) is -0.591. The quantitative estimate of drug-likeness (QED) is 0.348. The Morgan fingerprint density at radius 3 is 2.46 bits per heavy atom. The van der Waals surface area contributed by atoms with E-state index in [9.17, 15) is 19.1 Å². The third-order valence-corrected chi connectivity index (χ3v) is 1.98. The van der Waals surface area contributed by atoms with Crippen molar-refractivity contribution in [3.05, 3.63) is 11.6 Å². The normalized spacial score (nSPS) is 12.8. The van der Waals surface area contributed by atoms with Crippen molar-refractivity contribution in [1.29, 1.82) is 0 Å². The molecule has 0 aliphatic heterocycles. The number of esters is 1. The van der Waals surface area contributed by atoms with E-state index < -0.39 is 19.7 Å². The van der Waals surface area contributed by atoms with Gasteiger partial charge in [0.1, 0.15) is 0 Å². The van der Waals surface area contributed by atoms with Crippen LogP contribution in [0.1, 0.15) is 13.8 Å². The van der Waals surface area contributed by atoms with E-state index in [2.05, 4.69) is 4.74 Å². The lowest BCUT2D eigenvalue weighted by atomic mass is 10.3. The first-order valence-electron chi connectivity index (χ1n) is 3.70. The van der Waals surface area contributed by atoms with E-state index in [0.717, 1.165) is 6.08 Å². The standard InChI is InChI=1S/C7H13O5P/c1-3-12-7(8)4-6(2)5-13(9,10)11/h4H,3,5H2,1-2H3,(H2,9,10,11)/p-2. The molecule has 0 amide bonds. The fourth-order valence-electron chi connectivity index (χ4n) is 0.736. The Bertz CT molecular complexity index is 252. The molecule has 0 unspecified atom stereocenters. The summed E-state index contributed by atoms with van der Waals surface area (Å²) in [6.45, 7) is 3.24. The average molecular weight is 206 g/mol. The van der Waals surface area contributed by atoms with Gasteiger partial charge in [-0.25, -0.2) is 4.79 Å². The first-order valence-corrected chi connectivity index (χ1v) is 5.43. The molecule has 0 aromatic heterocycles. The van der Waals surface area contributed by atoms with Crippen molar-refractivity contribution in [2.75, 3.05) is 12.8 Å². The number of carbonyl (C=O) groups is 1. The molecule has 0 heterocycles. The van der Waals surface area contributed by atoms with Gasteiger partial charge in [-0.3, -0.25) is 0 Å². The van der Waals surface area contributed by atoms with Crippen LogP contribution in [0.3, 0.4) is 0 Å². The molecule has 0 rings (SSSR count). The lowest BCUT2D eigenvalue weighted by Crippen LogP contribution is -2.17. The minimum atomic E-state index is -4.57. The van der Waals surface area contributed by atoms with E-state index in [1.807, 2.05) is 0 Å². The minimum absolute atomic E-state index is 0.187. The molecule has 76 valence electrons. The van der Waals surface area contributed by atoms with Gasteiger partial charge in [-0.1, -0.05) is 13.2 Å². The van der Waals surface area contributed by atoms with Crippen molar-refractivity contribution in [1.82, 2.24) is 0 Å². The summed E-state index contributed by atoms with van der Waals surface area (Å²) in [4.78, 5) is 31.3. The molecule has 0 saturated carbocycles. The molecule has 0 spiro atoms. The van der Waals surface area contributed by atoms with E-state index >= 15 is 0 Å². The molecule has 0 fully saturated rings. The van der Waals surface area contributed by atoms with Crippen molar-refractivity contribution in [3.63, 3.8) is 0 Å². The van der Waals surface area contributed by atoms with Gasteiger partial charge in [0.15, 0.2) is 0 Å². The summed E-state index contributed by atoms with van der Waals surface area (Å²) in [6.07, 6.45) is 0.373. The first kappa shape index (κ1) is 12.4. The van der Waals surface area contributed by atoms with Crippen molar-refractivity contribution in [3.8, 4) is 0 Å². The first-order chi connectivity index (χ1) is 5.85. The van der Waals surface area contributed by atoms with Gasteiger partial charge in [0.05, 0.1) is 6.61 Å². The van der Waals surface area contributed by atoms with Crippen molar-refractivity contribution >= 4 is 13.6 Å². The zero-order chi connectivity index (χ0) is 10.5. The summed E-state index contributed by atoms with van der Waals surface area (Å²) in [7, 11) is -4.57. The van der Waals surface area contributed by atoms with Crippen LogP contribution in [0.25, 0.3) is 0 Å². The number of ether oxygens (including phenoxy) is 1. The maximum Gasteiger partial charge on any atom is 0.330 e. The van der Waals surface area contributed by atoms with Crippen LogP contribution in [0.4, 0.5) is 0 Å². The topological polar surface area (TPSA) is 89.5 Å². The highest BCUT2D eigenvalue weighted by atomic mass is 31.2. The van der Waals surface area contributed by atoms with E-state index in [0.29, 0.717) is 0 Å². The summed E-state index contributed by atoms with van der Waals surface area (Å²) < 4.78 is 14.8. The van der Waals surface area contributed by atoms with E-state index in [4.69, 9.17) is 0 Å². The molecule has 0 aromatic rings. The Balaban J connectivity index is 4.17. The van der Waals surface area contributed by atoms with Gasteiger partial charge < -0.3 is 19.1 Å². The van der Waals surface area contributed by atoms with Gasteiger partial charge in [0.2, 0.25) is 0 Å². The fraction of sp³-hybridized carbons (Fsp3) is 0.571. The highest BCUT2D eigenvalue weighted by Gasteiger charge is 1.99. The highest BCUT2D eigenvalue weighted by Crippen LogP contribution is 2.25. The lowest BCUT2D eigenvalue weighted by Gasteiger charge is -2.29. The maximum absolute atomic E-state index is 10.7. The van der Waals surface area contributed by atoms with Crippen molar-refractivity contribution in [2.24, 2.45) is 0 Å². The van der Waals surface area contributed by atoms with E-state index in [1.54, 1.807) is 6.92 Å². The van der Waals surface area contributed by atoms with Crippen LogP contribution < -0.4 is 9.79 Å². The molecule has 0 saturated heterocycles. The summed E-state index contributed by atoms with van der Waals surface area (Å²) >= 11 is 0. The average Bonchev–Trinajstić information content (AvgIpc) is 1.81. The van der Waals surface area contributed by atoms with Crippen LogP contribution in [0.5, 0.6) is 0 Å². The SMILES string of the molecule is CCOC(=O)C=C(C)CP(=O)([O-])[O-]. The number of hydrogen-bond donors (Lipinski definition) is 0. The largest absolute Gasteiger partial charge is 0.810 e. The van der Waals surface area contributed by atoms with Crippen LogP contribution >= 0.6 is 7.60 Å². The summed E-state index contributed by atoms with van der Waals surface area (Å²) in [5.74, 6) is -0.631. The summed E-state index contributed by atoms with van der Waals surface area (Å²) in [5.41, 5.74) is 0.187. The van der Waals surface area contributed by atoms with Crippen molar-refractivity contribution < 1.29 is 23.9 Å². The highest BCUT2D eigenvalue weighted by molar-refractivity contribution is 7.49. The zero-order valence-corrected chi connectivity index (χ0v) is 8.37. The second kappa shape index (κ2) is 5.17. The second-order valence-corrected chi connectivity index (χ2v) is 4.05. The van der Waals surface area contributed by atoms with Crippen LogP contribution in [0.2, 0.25) is 0 Å². The molecule has 0 aliphatic rings. The molecule has 13 heavy (non-hydrogen) atoms. The van der Waals surface area contributed by atoms with Gasteiger partial charge in [-0.05, 0) is 20.0 Å². The smallest absolute Gasteiger partial charge is 0.330 e. The van der Waals surface area contributed by atoms with E-state index in [1.165, 1.54) is 6.92 Å². The molecule has 0 radical (unpaired) electrons. The fourth-order valence-corrected chi connectivity index (χ4v) is 1.44. The zero-order valence-electron chi connectivity index (χ0n) is 7.48. The Morgan fingerprint density at radius 1 is 1.54 bits per heavy atom. The minimum Gasteiger partial charge on any atom is -0.810 e. The number of allylic oxidation sites excluding steroid dienone is 1. The second-order valence-electron chi connectivity index (χ2n) is 2.51. The Hall–Kier alpha value is -0.640. The van der Waals surface area contributed by atoms with Gasteiger partial charge in [0, 0.05) is 6.08 Å². The molecule has 0 aromatic carbocycles. The molecule has 0 aliphatic carbocycles. The van der Waals surface area contributed by atoms with Crippen LogP contribution in [0, 0.1) is 0 Å². The Labute approximate surface area is 76.6 Å². The summed E-state index contributed by atoms with van der Waals surface area (Å²) in [6, 6.07) is 0. The molecular formula is C7H11O5P-2. The van der Waals surface area contributed by atoms with Gasteiger partial charge in [0.25, 0.3) is 0 Å². The number of hydrogen-bond acceptors (Lipinski definition) is 5. The Morgan fingerprint density at radius 2 is 2.08 bits per heavy atom. The molecular weight excluding hydrogens is 195 g/mol. The van der Waals surface area contributed by atoms with Crippen LogP contribution in [-0.2, 0) is 14.1 Å². The summed E-state index contributed by atoms with van der Waals surface area (Å²) in [5, 5.41) is 0. The Kier molecular flexibility index (Phi) is 4.91. The van der Waals surface area contributed by atoms with Crippen LogP contribution in [-0.4, -0.2) is 18.7 Å². The van der Waals surface area contributed by atoms with E-state index in [-0.39, 0.29) is 12.2 Å².